The number of nitrogens with two attached hydrogens (primary N) is 1. The zero-order valence-corrected chi connectivity index (χ0v) is 13.8. The molecule has 1 aliphatic carbocycles. The van der Waals surface area contributed by atoms with Crippen molar-refractivity contribution in [3.8, 4) is 0 Å². The van der Waals surface area contributed by atoms with Gasteiger partial charge >= 0.3 is 0 Å². The molecular weight excluding hydrogens is 307 g/mol. The molecule has 0 unspecified atom stereocenters. The largest absolute Gasteiger partial charge is 0.356 e. The molecule has 0 bridgehead atoms. The molecule has 0 atom stereocenters. The maximum absolute atomic E-state index is 12.5. The lowest BCUT2D eigenvalue weighted by molar-refractivity contribution is -0.130. The molecule has 0 radical (unpaired) electrons. The molecule has 1 amide bonds. The van der Waals surface area contributed by atoms with Gasteiger partial charge in [-0.1, -0.05) is 36.6 Å². The predicted octanol–water partition coefficient (Wildman–Crippen LogP) is 3.33. The van der Waals surface area contributed by atoms with Crippen LogP contribution < -0.4 is 11.1 Å². The lowest BCUT2D eigenvalue weighted by atomic mass is 9.79. The number of carbonyl (C=O) groups excluding carboxylic acids is 1. The minimum atomic E-state index is -0.251. The Hall–Kier alpha value is -0.770. The minimum Gasteiger partial charge on any atom is -0.356 e. The molecule has 21 heavy (non-hydrogen) atoms. The fraction of sp³-hybridized carbons (Fsp3) is 0.562. The van der Waals surface area contributed by atoms with Crippen LogP contribution in [0.25, 0.3) is 0 Å². The van der Waals surface area contributed by atoms with Gasteiger partial charge in [-0.3, -0.25) is 4.79 Å². The lowest BCUT2D eigenvalue weighted by Crippen LogP contribution is -2.41. The molecule has 1 aromatic carbocycles. The molecule has 2 rings (SSSR count). The number of halogens is 2. The highest BCUT2D eigenvalue weighted by Gasteiger charge is 2.40. The number of amides is 1. The van der Waals surface area contributed by atoms with Crippen LogP contribution in [0, 0.1) is 5.41 Å². The molecule has 0 aromatic heterocycles. The number of carbonyl (C=O) groups is 1. The van der Waals surface area contributed by atoms with Crippen molar-refractivity contribution in [3.05, 3.63) is 34.9 Å². The van der Waals surface area contributed by atoms with Crippen molar-refractivity contribution in [2.45, 2.75) is 38.5 Å². The van der Waals surface area contributed by atoms with Gasteiger partial charge in [-0.15, -0.1) is 12.4 Å². The first kappa shape index (κ1) is 18.3. The van der Waals surface area contributed by atoms with E-state index in [-0.39, 0.29) is 23.7 Å². The quantitative estimate of drug-likeness (QED) is 0.786. The number of rotatable bonds is 6. The first-order chi connectivity index (χ1) is 9.66. The first-order valence-corrected chi connectivity index (χ1v) is 7.77. The minimum absolute atomic E-state index is 0. The number of hydrogen-bond donors (Lipinski definition) is 2. The van der Waals surface area contributed by atoms with Gasteiger partial charge < -0.3 is 11.1 Å². The third kappa shape index (κ3) is 4.87. The van der Waals surface area contributed by atoms with Crippen molar-refractivity contribution in [2.75, 3.05) is 13.1 Å². The molecule has 118 valence electrons. The van der Waals surface area contributed by atoms with E-state index in [1.54, 1.807) is 0 Å². The molecule has 0 saturated heterocycles. The van der Waals surface area contributed by atoms with Crippen LogP contribution in [-0.4, -0.2) is 19.0 Å². The monoisotopic (exact) mass is 330 g/mol. The Balaban J connectivity index is 0.00000220. The fourth-order valence-electron chi connectivity index (χ4n) is 3.07. The van der Waals surface area contributed by atoms with Crippen molar-refractivity contribution in [1.82, 2.24) is 5.32 Å². The van der Waals surface area contributed by atoms with Crippen LogP contribution in [0.1, 0.15) is 37.7 Å². The van der Waals surface area contributed by atoms with Crippen molar-refractivity contribution in [3.63, 3.8) is 0 Å². The Morgan fingerprint density at radius 2 is 2.05 bits per heavy atom. The summed E-state index contributed by atoms with van der Waals surface area (Å²) in [6, 6.07) is 7.84. The second kappa shape index (κ2) is 8.62. The molecule has 3 N–H and O–H groups in total. The highest BCUT2D eigenvalue weighted by molar-refractivity contribution is 6.30. The topological polar surface area (TPSA) is 55.1 Å². The SMILES string of the molecule is Cl.NCCCNC(=O)C1(Cc2cccc(Cl)c2)CCCC1. The number of nitrogens with one attached hydrogen (secondary N) is 1. The van der Waals surface area contributed by atoms with Crippen molar-refractivity contribution in [1.29, 1.82) is 0 Å². The van der Waals surface area contributed by atoms with E-state index in [0.717, 1.165) is 49.1 Å². The normalized spacial score (nSPS) is 16.3. The summed E-state index contributed by atoms with van der Waals surface area (Å²) in [4.78, 5) is 12.5. The van der Waals surface area contributed by atoms with E-state index in [2.05, 4.69) is 11.4 Å². The Labute approximate surface area is 138 Å². The van der Waals surface area contributed by atoms with Crippen LogP contribution in [0.3, 0.4) is 0 Å². The highest BCUT2D eigenvalue weighted by atomic mass is 35.5. The molecule has 0 aliphatic heterocycles. The molecule has 1 fully saturated rings. The van der Waals surface area contributed by atoms with Crippen LogP contribution in [-0.2, 0) is 11.2 Å². The number of benzene rings is 1. The maximum Gasteiger partial charge on any atom is 0.226 e. The summed E-state index contributed by atoms with van der Waals surface area (Å²) < 4.78 is 0. The Morgan fingerprint density at radius 1 is 1.33 bits per heavy atom. The third-order valence-electron chi connectivity index (χ3n) is 4.14. The predicted molar refractivity (Wildman–Crippen MR) is 90.0 cm³/mol. The average Bonchev–Trinajstić information content (AvgIpc) is 2.89. The second-order valence-electron chi connectivity index (χ2n) is 5.69. The van der Waals surface area contributed by atoms with E-state index in [9.17, 15) is 4.79 Å². The van der Waals surface area contributed by atoms with Gasteiger partial charge in [0.1, 0.15) is 0 Å². The van der Waals surface area contributed by atoms with E-state index >= 15 is 0 Å². The van der Waals surface area contributed by atoms with Gasteiger partial charge in [0.2, 0.25) is 5.91 Å². The van der Waals surface area contributed by atoms with Gasteiger partial charge in [-0.05, 0) is 49.9 Å². The van der Waals surface area contributed by atoms with Gasteiger partial charge in [0.15, 0.2) is 0 Å². The lowest BCUT2D eigenvalue weighted by Gasteiger charge is -2.28. The molecule has 0 spiro atoms. The molecule has 1 saturated carbocycles. The molecule has 0 heterocycles. The summed E-state index contributed by atoms with van der Waals surface area (Å²) >= 11 is 6.04. The summed E-state index contributed by atoms with van der Waals surface area (Å²) in [7, 11) is 0. The van der Waals surface area contributed by atoms with Gasteiger partial charge in [-0.2, -0.15) is 0 Å². The van der Waals surface area contributed by atoms with Crippen LogP contribution in [0.4, 0.5) is 0 Å². The first-order valence-electron chi connectivity index (χ1n) is 7.39. The molecule has 3 nitrogen and oxygen atoms in total. The molecule has 5 heteroatoms. The fourth-order valence-corrected chi connectivity index (χ4v) is 3.28. The van der Waals surface area contributed by atoms with E-state index in [1.807, 2.05) is 18.2 Å². The Bertz CT molecular complexity index is 459. The van der Waals surface area contributed by atoms with Crippen molar-refractivity contribution in [2.24, 2.45) is 11.1 Å². The van der Waals surface area contributed by atoms with Gasteiger partial charge in [0.05, 0.1) is 5.41 Å². The third-order valence-corrected chi connectivity index (χ3v) is 4.38. The summed E-state index contributed by atoms with van der Waals surface area (Å²) in [5.41, 5.74) is 6.37. The second-order valence-corrected chi connectivity index (χ2v) is 6.13. The zero-order chi connectivity index (χ0) is 14.4. The van der Waals surface area contributed by atoms with Gasteiger partial charge in [0.25, 0.3) is 0 Å². The van der Waals surface area contributed by atoms with Crippen LogP contribution in [0.15, 0.2) is 24.3 Å². The average molecular weight is 331 g/mol. The number of hydrogen-bond acceptors (Lipinski definition) is 2. The molecule has 1 aromatic rings. The van der Waals surface area contributed by atoms with E-state index in [0.29, 0.717) is 13.1 Å². The van der Waals surface area contributed by atoms with Gasteiger partial charge in [0, 0.05) is 11.6 Å². The Kier molecular flexibility index (Phi) is 7.50. The van der Waals surface area contributed by atoms with Crippen LogP contribution in [0.2, 0.25) is 5.02 Å². The molecule has 1 aliphatic rings. The summed E-state index contributed by atoms with van der Waals surface area (Å²) in [6.07, 6.45) is 5.80. The maximum atomic E-state index is 12.5. The smallest absolute Gasteiger partial charge is 0.226 e. The zero-order valence-electron chi connectivity index (χ0n) is 12.2. The van der Waals surface area contributed by atoms with Gasteiger partial charge in [-0.25, -0.2) is 0 Å². The summed E-state index contributed by atoms with van der Waals surface area (Å²) in [5.74, 6) is 0.184. The highest BCUT2D eigenvalue weighted by Crippen LogP contribution is 2.41. The Morgan fingerprint density at radius 3 is 2.67 bits per heavy atom. The van der Waals surface area contributed by atoms with Crippen LogP contribution >= 0.6 is 24.0 Å². The van der Waals surface area contributed by atoms with E-state index in [1.165, 1.54) is 0 Å². The van der Waals surface area contributed by atoms with Crippen molar-refractivity contribution < 1.29 is 4.79 Å². The van der Waals surface area contributed by atoms with E-state index < -0.39 is 0 Å². The standard InChI is InChI=1S/C16H23ClN2O.ClH/c17-14-6-3-5-13(11-14)12-16(7-1-2-8-16)15(20)19-10-4-9-18;/h3,5-6,11H,1-2,4,7-10,12,18H2,(H,19,20);1H. The summed E-state index contributed by atoms with van der Waals surface area (Å²) in [6.45, 7) is 1.29. The summed E-state index contributed by atoms with van der Waals surface area (Å²) in [5, 5.41) is 3.78. The van der Waals surface area contributed by atoms with Crippen molar-refractivity contribution >= 4 is 29.9 Å². The molecular formula is C16H24Cl2N2O. The van der Waals surface area contributed by atoms with E-state index in [4.69, 9.17) is 17.3 Å². The van der Waals surface area contributed by atoms with Crippen LogP contribution in [0.5, 0.6) is 0 Å².